The van der Waals surface area contributed by atoms with Crippen molar-refractivity contribution in [1.29, 1.82) is 0 Å². The van der Waals surface area contributed by atoms with E-state index in [9.17, 15) is 9.90 Å². The zero-order valence-electron chi connectivity index (χ0n) is 21.5. The fourth-order valence-electron chi connectivity index (χ4n) is 4.75. The van der Waals surface area contributed by atoms with Gasteiger partial charge in [0.2, 0.25) is 0 Å². The maximum absolute atomic E-state index is 13.3. The number of nitrogens with zero attached hydrogens (tertiary/aromatic N) is 6. The number of likely N-dealkylation sites (N-methyl/N-ethyl adjacent to an activating group) is 1. The predicted octanol–water partition coefficient (Wildman–Crippen LogP) is 3.41. The van der Waals surface area contributed by atoms with E-state index in [0.717, 1.165) is 35.0 Å². The summed E-state index contributed by atoms with van der Waals surface area (Å²) in [4.78, 5) is 28.6. The molecule has 2 N–H and O–H groups in total. The second-order valence-electron chi connectivity index (χ2n) is 9.45. The van der Waals surface area contributed by atoms with Crippen molar-refractivity contribution in [2.45, 2.75) is 26.8 Å². The molecular formula is C27H33N7O2S. The zero-order chi connectivity index (χ0) is 25.9. The molecule has 9 nitrogen and oxygen atoms in total. The molecule has 0 aromatic carbocycles. The van der Waals surface area contributed by atoms with E-state index in [1.54, 1.807) is 22.0 Å². The summed E-state index contributed by atoms with van der Waals surface area (Å²) in [5, 5.41) is 19.1. The van der Waals surface area contributed by atoms with E-state index in [1.807, 2.05) is 41.9 Å². The number of fused-ring (bicyclic) bond motifs is 1. The highest BCUT2D eigenvalue weighted by Gasteiger charge is 2.28. The van der Waals surface area contributed by atoms with Gasteiger partial charge in [0.15, 0.2) is 5.65 Å². The smallest absolute Gasteiger partial charge is 0.251 e. The quantitative estimate of drug-likeness (QED) is 0.331. The Hall–Kier alpha value is -3.34. The van der Waals surface area contributed by atoms with Crippen LogP contribution in [0.2, 0.25) is 0 Å². The van der Waals surface area contributed by atoms with Gasteiger partial charge in [-0.1, -0.05) is 19.9 Å². The Morgan fingerprint density at radius 3 is 2.73 bits per heavy atom. The van der Waals surface area contributed by atoms with Crippen molar-refractivity contribution < 1.29 is 9.90 Å². The lowest BCUT2D eigenvalue weighted by Gasteiger charge is -2.39. The molecule has 5 heterocycles. The Balaban J connectivity index is 1.49. The SMILES string of the molecule is CCN(CC)[C@@H](C)CNC(=O)c1cc(-c2cnn3ccc(-c4cccs4)nc23)nc(N2CC(CO)C2)c1. The molecule has 0 aliphatic carbocycles. The average molecular weight is 520 g/mol. The van der Waals surface area contributed by atoms with Gasteiger partial charge in [0.1, 0.15) is 5.82 Å². The highest BCUT2D eigenvalue weighted by atomic mass is 32.1. The molecule has 194 valence electrons. The Labute approximate surface area is 220 Å². The van der Waals surface area contributed by atoms with Crippen molar-refractivity contribution in [3.63, 3.8) is 0 Å². The monoisotopic (exact) mass is 519 g/mol. The Bertz CT molecular complexity index is 1360. The van der Waals surface area contributed by atoms with Crippen LogP contribution in [0.5, 0.6) is 0 Å². The van der Waals surface area contributed by atoms with Crippen molar-refractivity contribution in [2.75, 3.05) is 44.2 Å². The third-order valence-corrected chi connectivity index (χ3v) is 7.92. The van der Waals surface area contributed by atoms with Crippen molar-refractivity contribution >= 4 is 28.7 Å². The first-order valence-electron chi connectivity index (χ1n) is 12.8. The minimum atomic E-state index is -0.133. The van der Waals surface area contributed by atoms with Crippen LogP contribution in [0.3, 0.4) is 0 Å². The first-order chi connectivity index (χ1) is 18.0. The summed E-state index contributed by atoms with van der Waals surface area (Å²) < 4.78 is 1.73. The third kappa shape index (κ3) is 5.22. The molecule has 0 saturated carbocycles. The second kappa shape index (κ2) is 11.0. The summed E-state index contributed by atoms with van der Waals surface area (Å²) in [6.07, 6.45) is 3.65. The van der Waals surface area contributed by atoms with Gasteiger partial charge >= 0.3 is 0 Å². The van der Waals surface area contributed by atoms with Crippen molar-refractivity contribution in [3.05, 3.63) is 53.7 Å². The lowest BCUT2D eigenvalue weighted by Crippen LogP contribution is -2.49. The van der Waals surface area contributed by atoms with E-state index in [-0.39, 0.29) is 24.5 Å². The van der Waals surface area contributed by atoms with Gasteiger partial charge in [0, 0.05) is 50.0 Å². The molecule has 37 heavy (non-hydrogen) atoms. The number of aromatic nitrogens is 4. The standard InChI is InChI=1S/C27H33N7O2S/c1-4-32(5-2)18(3)13-28-27(36)20-11-23(30-25(12-20)33-15-19(16-33)17-35)21-14-29-34-9-8-22(31-26(21)34)24-7-6-10-37-24/h6-12,14,18-19,35H,4-5,13,15-17H2,1-3H3,(H,28,36)/t18-/m0/s1. The van der Waals surface area contributed by atoms with E-state index in [0.29, 0.717) is 36.5 Å². The number of aliphatic hydroxyl groups is 1. The summed E-state index contributed by atoms with van der Waals surface area (Å²) in [6, 6.07) is 9.89. The molecule has 1 aliphatic heterocycles. The van der Waals surface area contributed by atoms with Crippen LogP contribution < -0.4 is 10.2 Å². The number of thiophene rings is 1. The first kappa shape index (κ1) is 25.3. The molecule has 0 spiro atoms. The van der Waals surface area contributed by atoms with Gasteiger partial charge in [-0.15, -0.1) is 11.3 Å². The third-order valence-electron chi connectivity index (χ3n) is 7.03. The van der Waals surface area contributed by atoms with Gasteiger partial charge < -0.3 is 15.3 Å². The van der Waals surface area contributed by atoms with E-state index >= 15 is 0 Å². The molecular weight excluding hydrogens is 486 g/mol. The van der Waals surface area contributed by atoms with E-state index in [4.69, 9.17) is 9.97 Å². The van der Waals surface area contributed by atoms with Gasteiger partial charge in [-0.3, -0.25) is 9.69 Å². The fourth-order valence-corrected chi connectivity index (χ4v) is 5.44. The molecule has 1 atom stereocenters. The molecule has 4 aromatic heterocycles. The second-order valence-corrected chi connectivity index (χ2v) is 10.4. The summed E-state index contributed by atoms with van der Waals surface area (Å²) in [5.74, 6) is 0.814. The molecule has 1 saturated heterocycles. The van der Waals surface area contributed by atoms with E-state index in [1.165, 1.54) is 0 Å². The van der Waals surface area contributed by atoms with Crippen LogP contribution in [0.1, 0.15) is 31.1 Å². The number of carbonyl (C=O) groups excluding carboxylic acids is 1. The molecule has 1 amide bonds. The lowest BCUT2D eigenvalue weighted by molar-refractivity contribution is 0.0938. The maximum Gasteiger partial charge on any atom is 0.251 e. The first-order valence-corrected chi connectivity index (χ1v) is 13.7. The van der Waals surface area contributed by atoms with Crippen molar-refractivity contribution in [3.8, 4) is 21.8 Å². The van der Waals surface area contributed by atoms with Gasteiger partial charge in [-0.25, -0.2) is 14.5 Å². The molecule has 1 aliphatic rings. The average Bonchev–Trinajstić information content (AvgIpc) is 3.57. The van der Waals surface area contributed by atoms with Gasteiger partial charge in [-0.05, 0) is 49.7 Å². The summed E-state index contributed by atoms with van der Waals surface area (Å²) >= 11 is 1.64. The van der Waals surface area contributed by atoms with Gasteiger partial charge in [-0.2, -0.15) is 5.10 Å². The highest BCUT2D eigenvalue weighted by Crippen LogP contribution is 2.31. The number of rotatable bonds is 10. The van der Waals surface area contributed by atoms with Crippen LogP contribution >= 0.6 is 11.3 Å². The minimum absolute atomic E-state index is 0.133. The van der Waals surface area contributed by atoms with Crippen LogP contribution in [-0.4, -0.2) is 80.9 Å². The maximum atomic E-state index is 13.3. The Kier molecular flexibility index (Phi) is 7.50. The molecule has 4 aromatic rings. The lowest BCUT2D eigenvalue weighted by atomic mass is 10.0. The van der Waals surface area contributed by atoms with Crippen molar-refractivity contribution in [2.24, 2.45) is 5.92 Å². The number of hydrogen-bond donors (Lipinski definition) is 2. The van der Waals surface area contributed by atoms with Crippen LogP contribution in [0.15, 0.2) is 48.1 Å². The normalized spacial score (nSPS) is 14.8. The number of pyridine rings is 1. The highest BCUT2D eigenvalue weighted by molar-refractivity contribution is 7.13. The molecule has 5 rings (SSSR count). The largest absolute Gasteiger partial charge is 0.396 e. The van der Waals surface area contributed by atoms with E-state index in [2.05, 4.69) is 41.0 Å². The molecule has 0 bridgehead atoms. The van der Waals surface area contributed by atoms with Crippen molar-refractivity contribution in [1.82, 2.24) is 29.8 Å². The van der Waals surface area contributed by atoms with Gasteiger partial charge in [0.05, 0.1) is 28.0 Å². The molecule has 0 radical (unpaired) electrons. The number of amides is 1. The summed E-state index contributed by atoms with van der Waals surface area (Å²) in [6.45, 7) is 10.4. The number of hydrogen-bond acceptors (Lipinski definition) is 8. The molecule has 0 unspecified atom stereocenters. The van der Waals surface area contributed by atoms with Crippen LogP contribution in [-0.2, 0) is 0 Å². The van der Waals surface area contributed by atoms with Crippen LogP contribution in [0, 0.1) is 5.92 Å². The Morgan fingerprint density at radius 1 is 1.22 bits per heavy atom. The topological polar surface area (TPSA) is 98.9 Å². The fraction of sp³-hybridized carbons (Fsp3) is 0.407. The minimum Gasteiger partial charge on any atom is -0.396 e. The number of carbonyl (C=O) groups is 1. The number of anilines is 1. The van der Waals surface area contributed by atoms with Gasteiger partial charge in [0.25, 0.3) is 5.91 Å². The number of aliphatic hydroxyl groups excluding tert-OH is 1. The predicted molar refractivity (Wildman–Crippen MR) is 147 cm³/mol. The molecule has 10 heteroatoms. The molecule has 1 fully saturated rings. The summed E-state index contributed by atoms with van der Waals surface area (Å²) in [5.41, 5.74) is 3.53. The Morgan fingerprint density at radius 2 is 2.03 bits per heavy atom. The van der Waals surface area contributed by atoms with Crippen LogP contribution in [0.25, 0.3) is 27.5 Å². The van der Waals surface area contributed by atoms with E-state index < -0.39 is 0 Å². The zero-order valence-corrected chi connectivity index (χ0v) is 22.3. The summed E-state index contributed by atoms with van der Waals surface area (Å²) in [7, 11) is 0. The van der Waals surface area contributed by atoms with Crippen LogP contribution in [0.4, 0.5) is 5.82 Å². The number of nitrogens with one attached hydrogen (secondary N) is 1.